The van der Waals surface area contributed by atoms with E-state index in [0.717, 1.165) is 50.5 Å². The number of hydrogen-bond donors (Lipinski definition) is 0. The van der Waals surface area contributed by atoms with Crippen molar-refractivity contribution < 1.29 is 9.53 Å². The minimum atomic E-state index is 0.260. The summed E-state index contributed by atoms with van der Waals surface area (Å²) in [6.45, 7) is 3.22. The summed E-state index contributed by atoms with van der Waals surface area (Å²) in [5.41, 5.74) is 1.02. The summed E-state index contributed by atoms with van der Waals surface area (Å²) in [6, 6.07) is 5.68. The van der Waals surface area contributed by atoms with Gasteiger partial charge in [-0.25, -0.2) is 0 Å². The predicted molar refractivity (Wildman–Crippen MR) is 93.4 cm³/mol. The third-order valence-electron chi connectivity index (χ3n) is 5.03. The van der Waals surface area contributed by atoms with Gasteiger partial charge in [-0.3, -0.25) is 4.79 Å². The van der Waals surface area contributed by atoms with Gasteiger partial charge in [-0.2, -0.15) is 0 Å². The average molecular weight is 337 g/mol. The second-order valence-corrected chi connectivity index (χ2v) is 6.90. The van der Waals surface area contributed by atoms with E-state index in [9.17, 15) is 4.79 Å². The van der Waals surface area contributed by atoms with Gasteiger partial charge in [0.25, 0.3) is 0 Å². The van der Waals surface area contributed by atoms with Crippen molar-refractivity contribution >= 4 is 23.2 Å². The predicted octanol–water partition coefficient (Wildman–Crippen LogP) is 3.58. The molecule has 0 N–H and O–H groups in total. The second kappa shape index (κ2) is 7.43. The number of piperazine rings is 1. The molecule has 0 bridgehead atoms. The Balaban J connectivity index is 1.62. The molecule has 2 fully saturated rings. The molecular weight excluding hydrogens is 312 g/mol. The van der Waals surface area contributed by atoms with Gasteiger partial charge in [0, 0.05) is 37.1 Å². The van der Waals surface area contributed by atoms with E-state index < -0.39 is 0 Å². The number of hydrogen-bond acceptors (Lipinski definition) is 3. The highest BCUT2D eigenvalue weighted by atomic mass is 35.5. The van der Waals surface area contributed by atoms with Crippen LogP contribution in [0.1, 0.15) is 32.1 Å². The standard InChI is InChI=1S/C18H25ClN2O2/c1-23-17-8-7-15(19)13-16(17)20-9-11-21(12-10-20)18(22)14-5-3-2-4-6-14/h7-8,13-14H,2-6,9-12H2,1H3. The van der Waals surface area contributed by atoms with Crippen molar-refractivity contribution in [3.05, 3.63) is 23.2 Å². The van der Waals surface area contributed by atoms with Crippen LogP contribution in [-0.2, 0) is 4.79 Å². The Bertz CT molecular complexity index is 550. The van der Waals surface area contributed by atoms with Crippen LogP contribution in [0.4, 0.5) is 5.69 Å². The van der Waals surface area contributed by atoms with Gasteiger partial charge in [-0.15, -0.1) is 0 Å². The molecule has 2 aliphatic rings. The fourth-order valence-corrected chi connectivity index (χ4v) is 3.85. The number of rotatable bonds is 3. The third-order valence-corrected chi connectivity index (χ3v) is 5.26. The van der Waals surface area contributed by atoms with Crippen LogP contribution in [0.5, 0.6) is 5.75 Å². The fraction of sp³-hybridized carbons (Fsp3) is 0.611. The highest BCUT2D eigenvalue weighted by Crippen LogP contribution is 2.32. The SMILES string of the molecule is COc1ccc(Cl)cc1N1CCN(C(=O)C2CCCCC2)CC1. The van der Waals surface area contributed by atoms with Gasteiger partial charge in [0.15, 0.2) is 0 Å². The number of ether oxygens (including phenoxy) is 1. The molecule has 3 rings (SSSR count). The Labute approximate surface area is 143 Å². The molecule has 1 amide bonds. The van der Waals surface area contributed by atoms with Crippen LogP contribution in [0, 0.1) is 5.92 Å². The maximum absolute atomic E-state index is 12.6. The Hall–Kier alpha value is -1.42. The van der Waals surface area contributed by atoms with Crippen molar-refractivity contribution in [2.75, 3.05) is 38.2 Å². The number of amides is 1. The lowest BCUT2D eigenvalue weighted by Crippen LogP contribution is -2.50. The van der Waals surface area contributed by atoms with Crippen molar-refractivity contribution in [2.24, 2.45) is 5.92 Å². The lowest BCUT2D eigenvalue weighted by molar-refractivity contribution is -0.136. The van der Waals surface area contributed by atoms with Crippen molar-refractivity contribution in [2.45, 2.75) is 32.1 Å². The molecule has 5 heteroatoms. The summed E-state index contributed by atoms with van der Waals surface area (Å²) in [7, 11) is 1.68. The lowest BCUT2D eigenvalue weighted by atomic mass is 9.88. The zero-order valence-corrected chi connectivity index (χ0v) is 14.5. The van der Waals surface area contributed by atoms with Crippen molar-refractivity contribution in [1.29, 1.82) is 0 Å². The highest BCUT2D eigenvalue weighted by molar-refractivity contribution is 6.30. The average Bonchev–Trinajstić information content (AvgIpc) is 2.62. The van der Waals surface area contributed by atoms with E-state index in [1.54, 1.807) is 7.11 Å². The number of carbonyl (C=O) groups is 1. The van der Waals surface area contributed by atoms with Crippen LogP contribution < -0.4 is 9.64 Å². The van der Waals surface area contributed by atoms with Gasteiger partial charge in [0.2, 0.25) is 5.91 Å². The maximum atomic E-state index is 12.6. The van der Waals surface area contributed by atoms with Crippen LogP contribution >= 0.6 is 11.6 Å². The molecule has 1 saturated heterocycles. The fourth-order valence-electron chi connectivity index (χ4n) is 3.69. The van der Waals surface area contributed by atoms with Crippen molar-refractivity contribution in [3.63, 3.8) is 0 Å². The summed E-state index contributed by atoms with van der Waals surface area (Å²) < 4.78 is 5.44. The first-order valence-corrected chi connectivity index (χ1v) is 8.94. The quantitative estimate of drug-likeness (QED) is 0.845. The molecule has 0 atom stereocenters. The molecule has 1 heterocycles. The number of nitrogens with zero attached hydrogens (tertiary/aromatic N) is 2. The molecule has 0 unspecified atom stereocenters. The molecule has 1 aromatic carbocycles. The Kier molecular flexibility index (Phi) is 5.31. The Morgan fingerprint density at radius 2 is 1.83 bits per heavy atom. The van der Waals surface area contributed by atoms with E-state index in [1.807, 2.05) is 23.1 Å². The molecular formula is C18H25ClN2O2. The molecule has 1 aliphatic carbocycles. The van der Waals surface area contributed by atoms with E-state index in [1.165, 1.54) is 19.3 Å². The van der Waals surface area contributed by atoms with E-state index in [4.69, 9.17) is 16.3 Å². The van der Waals surface area contributed by atoms with Crippen LogP contribution in [0.25, 0.3) is 0 Å². The number of benzene rings is 1. The minimum absolute atomic E-state index is 0.260. The topological polar surface area (TPSA) is 32.8 Å². The van der Waals surface area contributed by atoms with Crippen LogP contribution in [-0.4, -0.2) is 44.1 Å². The van der Waals surface area contributed by atoms with Crippen LogP contribution in [0.2, 0.25) is 5.02 Å². The van der Waals surface area contributed by atoms with Gasteiger partial charge in [0.05, 0.1) is 12.8 Å². The Morgan fingerprint density at radius 1 is 1.13 bits per heavy atom. The van der Waals surface area contributed by atoms with Gasteiger partial charge in [-0.05, 0) is 31.0 Å². The normalized spacial score (nSPS) is 19.7. The molecule has 0 spiro atoms. The Morgan fingerprint density at radius 3 is 2.48 bits per heavy atom. The molecule has 0 radical (unpaired) electrons. The van der Waals surface area contributed by atoms with Gasteiger partial charge >= 0.3 is 0 Å². The smallest absolute Gasteiger partial charge is 0.225 e. The number of methoxy groups -OCH3 is 1. The zero-order valence-electron chi connectivity index (χ0n) is 13.8. The van der Waals surface area contributed by atoms with Gasteiger partial charge in [-0.1, -0.05) is 30.9 Å². The van der Waals surface area contributed by atoms with Crippen molar-refractivity contribution in [1.82, 2.24) is 4.90 Å². The molecule has 1 aromatic rings. The maximum Gasteiger partial charge on any atom is 0.225 e. The van der Waals surface area contributed by atoms with Gasteiger partial charge in [0.1, 0.15) is 5.75 Å². The van der Waals surface area contributed by atoms with E-state index in [2.05, 4.69) is 4.90 Å². The third kappa shape index (κ3) is 3.74. The summed E-state index contributed by atoms with van der Waals surface area (Å²) in [4.78, 5) is 16.9. The molecule has 0 aromatic heterocycles. The lowest BCUT2D eigenvalue weighted by Gasteiger charge is -2.38. The monoisotopic (exact) mass is 336 g/mol. The summed E-state index contributed by atoms with van der Waals surface area (Å²) in [6.07, 6.45) is 5.83. The number of halogens is 1. The molecule has 1 saturated carbocycles. The van der Waals surface area contributed by atoms with Crippen LogP contribution in [0.3, 0.4) is 0 Å². The van der Waals surface area contributed by atoms with Crippen LogP contribution in [0.15, 0.2) is 18.2 Å². The molecule has 1 aliphatic heterocycles. The van der Waals surface area contributed by atoms with E-state index in [0.29, 0.717) is 10.9 Å². The first-order chi connectivity index (χ1) is 11.2. The molecule has 126 valence electrons. The highest BCUT2D eigenvalue weighted by Gasteiger charge is 2.29. The van der Waals surface area contributed by atoms with E-state index in [-0.39, 0.29) is 5.92 Å². The summed E-state index contributed by atoms with van der Waals surface area (Å²) in [5.74, 6) is 1.46. The van der Waals surface area contributed by atoms with Gasteiger partial charge < -0.3 is 14.5 Å². The summed E-state index contributed by atoms with van der Waals surface area (Å²) in [5, 5.41) is 0.710. The summed E-state index contributed by atoms with van der Waals surface area (Å²) >= 11 is 6.13. The first kappa shape index (κ1) is 16.4. The minimum Gasteiger partial charge on any atom is -0.495 e. The first-order valence-electron chi connectivity index (χ1n) is 8.56. The zero-order chi connectivity index (χ0) is 16.2. The molecule has 23 heavy (non-hydrogen) atoms. The molecule has 4 nitrogen and oxygen atoms in total. The number of carbonyl (C=O) groups excluding carboxylic acids is 1. The van der Waals surface area contributed by atoms with E-state index >= 15 is 0 Å². The second-order valence-electron chi connectivity index (χ2n) is 6.46. The number of anilines is 1. The largest absolute Gasteiger partial charge is 0.495 e. The van der Waals surface area contributed by atoms with Crippen molar-refractivity contribution in [3.8, 4) is 5.75 Å².